The number of nitrogens with two attached hydrogens (primary N) is 1. The Hall–Kier alpha value is -1.09. The Morgan fingerprint density at radius 2 is 1.89 bits per heavy atom. The second-order valence-corrected chi connectivity index (χ2v) is 5.76. The number of amides is 1. The standard InChI is InChI=1S/C9H12ClN3O4S/c10-8-2-1-7(17-8)9(14)12-3-5-13(6-4-12)18(11,15)16/h1-2H,3-6H2,(H2,11,15,16). The summed E-state index contributed by atoms with van der Waals surface area (Å²) in [7, 11) is -3.68. The third kappa shape index (κ3) is 2.83. The zero-order valence-corrected chi connectivity index (χ0v) is 10.9. The fourth-order valence-electron chi connectivity index (χ4n) is 1.73. The zero-order chi connectivity index (χ0) is 13.3. The third-order valence-corrected chi connectivity index (χ3v) is 3.96. The molecule has 0 aliphatic carbocycles. The van der Waals surface area contributed by atoms with Crippen LogP contribution in [0.15, 0.2) is 16.5 Å². The average Bonchev–Trinajstić information content (AvgIpc) is 2.74. The quantitative estimate of drug-likeness (QED) is 0.823. The van der Waals surface area contributed by atoms with Gasteiger partial charge in [-0.3, -0.25) is 4.79 Å². The maximum absolute atomic E-state index is 11.9. The summed E-state index contributed by atoms with van der Waals surface area (Å²) < 4.78 is 28.3. The molecule has 0 radical (unpaired) electrons. The van der Waals surface area contributed by atoms with Crippen molar-refractivity contribution in [1.29, 1.82) is 0 Å². The number of piperazine rings is 1. The number of rotatable bonds is 2. The van der Waals surface area contributed by atoms with Gasteiger partial charge in [-0.05, 0) is 23.7 Å². The molecule has 7 nitrogen and oxygen atoms in total. The molecule has 1 fully saturated rings. The molecule has 9 heteroatoms. The molecule has 0 aromatic carbocycles. The van der Waals surface area contributed by atoms with Gasteiger partial charge >= 0.3 is 0 Å². The van der Waals surface area contributed by atoms with E-state index in [2.05, 4.69) is 0 Å². The summed E-state index contributed by atoms with van der Waals surface area (Å²) in [6.07, 6.45) is 0. The maximum atomic E-state index is 11.9. The minimum atomic E-state index is -3.68. The Labute approximate surface area is 109 Å². The number of halogens is 1. The normalized spacial score (nSPS) is 18.0. The Kier molecular flexibility index (Phi) is 3.62. The van der Waals surface area contributed by atoms with Crippen LogP contribution in [0, 0.1) is 0 Å². The summed E-state index contributed by atoms with van der Waals surface area (Å²) in [6.45, 7) is 0.902. The van der Waals surface area contributed by atoms with E-state index in [4.69, 9.17) is 21.2 Å². The van der Waals surface area contributed by atoms with E-state index in [-0.39, 0.29) is 43.1 Å². The maximum Gasteiger partial charge on any atom is 0.289 e. The predicted molar refractivity (Wildman–Crippen MR) is 64.3 cm³/mol. The van der Waals surface area contributed by atoms with Crippen molar-refractivity contribution >= 4 is 27.7 Å². The van der Waals surface area contributed by atoms with Crippen molar-refractivity contribution in [2.24, 2.45) is 5.14 Å². The summed E-state index contributed by atoms with van der Waals surface area (Å²) in [5.41, 5.74) is 0. The van der Waals surface area contributed by atoms with Crippen LogP contribution in [-0.4, -0.2) is 49.7 Å². The number of hydrogen-bond donors (Lipinski definition) is 1. The Morgan fingerprint density at radius 3 is 2.33 bits per heavy atom. The first kappa shape index (κ1) is 13.3. The lowest BCUT2D eigenvalue weighted by molar-refractivity contribution is 0.0666. The van der Waals surface area contributed by atoms with Gasteiger partial charge in [-0.2, -0.15) is 12.7 Å². The SMILES string of the molecule is NS(=O)(=O)N1CCN(C(=O)c2ccc(Cl)o2)CC1. The van der Waals surface area contributed by atoms with Crippen LogP contribution in [0.4, 0.5) is 0 Å². The van der Waals surface area contributed by atoms with E-state index >= 15 is 0 Å². The Bertz CT molecular complexity index is 548. The molecule has 0 unspecified atom stereocenters. The van der Waals surface area contributed by atoms with E-state index in [0.29, 0.717) is 0 Å². The van der Waals surface area contributed by atoms with Gasteiger partial charge in [0.05, 0.1) is 0 Å². The van der Waals surface area contributed by atoms with Crippen molar-refractivity contribution in [2.75, 3.05) is 26.2 Å². The molecule has 0 saturated carbocycles. The van der Waals surface area contributed by atoms with Crippen LogP contribution in [0.3, 0.4) is 0 Å². The van der Waals surface area contributed by atoms with Crippen LogP contribution in [0.25, 0.3) is 0 Å². The van der Waals surface area contributed by atoms with Gasteiger partial charge in [0.25, 0.3) is 16.1 Å². The lowest BCUT2D eigenvalue weighted by atomic mass is 10.3. The summed E-state index contributed by atoms with van der Waals surface area (Å²) in [5.74, 6) is -0.167. The van der Waals surface area contributed by atoms with Crippen molar-refractivity contribution in [3.05, 3.63) is 23.1 Å². The van der Waals surface area contributed by atoms with Crippen LogP contribution >= 0.6 is 11.6 Å². The van der Waals surface area contributed by atoms with Gasteiger partial charge in [-0.25, -0.2) is 5.14 Å². The van der Waals surface area contributed by atoms with Crippen molar-refractivity contribution in [3.8, 4) is 0 Å². The van der Waals surface area contributed by atoms with Crippen LogP contribution in [0.5, 0.6) is 0 Å². The van der Waals surface area contributed by atoms with Gasteiger partial charge in [0.2, 0.25) is 0 Å². The van der Waals surface area contributed by atoms with E-state index in [1.165, 1.54) is 17.0 Å². The molecule has 1 saturated heterocycles. The van der Waals surface area contributed by atoms with Crippen molar-refractivity contribution < 1.29 is 17.6 Å². The Balaban J connectivity index is 2.00. The van der Waals surface area contributed by atoms with Gasteiger partial charge < -0.3 is 9.32 Å². The van der Waals surface area contributed by atoms with E-state index < -0.39 is 10.2 Å². The molecule has 0 spiro atoms. The molecule has 100 valence electrons. The molecule has 2 heterocycles. The molecule has 1 aromatic heterocycles. The van der Waals surface area contributed by atoms with Crippen LogP contribution in [0.1, 0.15) is 10.6 Å². The summed E-state index contributed by atoms with van der Waals surface area (Å²) in [6, 6.07) is 2.96. The second-order valence-electron chi connectivity index (χ2n) is 3.84. The molecular formula is C9H12ClN3O4S. The molecule has 18 heavy (non-hydrogen) atoms. The Morgan fingerprint density at radius 1 is 1.28 bits per heavy atom. The summed E-state index contributed by atoms with van der Waals surface area (Å²) >= 11 is 5.58. The molecule has 1 aliphatic heterocycles. The highest BCUT2D eigenvalue weighted by Gasteiger charge is 2.28. The molecule has 0 bridgehead atoms. The number of furan rings is 1. The van der Waals surface area contributed by atoms with Crippen LogP contribution < -0.4 is 5.14 Å². The molecule has 0 atom stereocenters. The first-order chi connectivity index (χ1) is 8.38. The highest BCUT2D eigenvalue weighted by Crippen LogP contribution is 2.16. The molecule has 1 aliphatic rings. The lowest BCUT2D eigenvalue weighted by Crippen LogP contribution is -2.52. The fourth-order valence-corrected chi connectivity index (χ4v) is 2.55. The van der Waals surface area contributed by atoms with Crippen LogP contribution in [-0.2, 0) is 10.2 Å². The minimum Gasteiger partial charge on any atom is -0.440 e. The summed E-state index contributed by atoms with van der Waals surface area (Å²) in [4.78, 5) is 13.4. The highest BCUT2D eigenvalue weighted by molar-refractivity contribution is 7.86. The zero-order valence-electron chi connectivity index (χ0n) is 9.37. The smallest absolute Gasteiger partial charge is 0.289 e. The topological polar surface area (TPSA) is 96.9 Å². The van der Waals surface area contributed by atoms with Gasteiger partial charge in [-0.1, -0.05) is 0 Å². The minimum absolute atomic E-state index is 0.140. The van der Waals surface area contributed by atoms with E-state index in [1.807, 2.05) is 0 Å². The monoisotopic (exact) mass is 293 g/mol. The van der Waals surface area contributed by atoms with Crippen molar-refractivity contribution in [1.82, 2.24) is 9.21 Å². The molecule has 2 rings (SSSR count). The number of nitrogens with zero attached hydrogens (tertiary/aromatic N) is 2. The molecule has 1 aromatic rings. The summed E-state index contributed by atoms with van der Waals surface area (Å²) in [5, 5.41) is 5.15. The average molecular weight is 294 g/mol. The van der Waals surface area contributed by atoms with E-state index in [9.17, 15) is 13.2 Å². The largest absolute Gasteiger partial charge is 0.440 e. The fraction of sp³-hybridized carbons (Fsp3) is 0.444. The first-order valence-corrected chi connectivity index (χ1v) is 7.08. The number of hydrogen-bond acceptors (Lipinski definition) is 4. The van der Waals surface area contributed by atoms with Gasteiger partial charge in [-0.15, -0.1) is 0 Å². The number of carbonyl (C=O) groups is 1. The highest BCUT2D eigenvalue weighted by atomic mass is 35.5. The molecule has 2 N–H and O–H groups in total. The van der Waals surface area contributed by atoms with E-state index in [0.717, 1.165) is 4.31 Å². The van der Waals surface area contributed by atoms with E-state index in [1.54, 1.807) is 0 Å². The van der Waals surface area contributed by atoms with Gasteiger partial charge in [0.1, 0.15) is 0 Å². The lowest BCUT2D eigenvalue weighted by Gasteiger charge is -2.32. The predicted octanol–water partition coefficient (Wildman–Crippen LogP) is -0.106. The second kappa shape index (κ2) is 4.88. The molecular weight excluding hydrogens is 282 g/mol. The van der Waals surface area contributed by atoms with Crippen LogP contribution in [0.2, 0.25) is 5.22 Å². The molecule has 1 amide bonds. The first-order valence-electron chi connectivity index (χ1n) is 5.20. The number of carbonyl (C=O) groups excluding carboxylic acids is 1. The third-order valence-electron chi connectivity index (χ3n) is 2.67. The van der Waals surface area contributed by atoms with Crippen molar-refractivity contribution in [2.45, 2.75) is 0 Å². The van der Waals surface area contributed by atoms with Gasteiger partial charge in [0.15, 0.2) is 11.0 Å². The van der Waals surface area contributed by atoms with Crippen molar-refractivity contribution in [3.63, 3.8) is 0 Å². The van der Waals surface area contributed by atoms with Gasteiger partial charge in [0, 0.05) is 26.2 Å².